The third-order valence-electron chi connectivity index (χ3n) is 5.78. The summed E-state index contributed by atoms with van der Waals surface area (Å²) in [5.41, 5.74) is 6.35. The summed E-state index contributed by atoms with van der Waals surface area (Å²) in [4.78, 5) is 7.30. The van der Waals surface area contributed by atoms with Gasteiger partial charge in [-0.15, -0.1) is 0 Å². The van der Waals surface area contributed by atoms with E-state index in [0.29, 0.717) is 11.8 Å². The summed E-state index contributed by atoms with van der Waals surface area (Å²) >= 11 is 0. The third kappa shape index (κ3) is 5.17. The number of aromatic nitrogens is 3. The van der Waals surface area contributed by atoms with Crippen LogP contribution < -0.4 is 4.57 Å². The minimum atomic E-state index is 0.480. The molecule has 3 rings (SSSR count). The van der Waals surface area contributed by atoms with Crippen LogP contribution in [0.1, 0.15) is 75.9 Å². The Hall–Kier alpha value is -2.46. The summed E-state index contributed by atoms with van der Waals surface area (Å²) in [5.74, 6) is 0.959. The summed E-state index contributed by atoms with van der Waals surface area (Å²) in [7, 11) is 0. The number of pyridine rings is 1. The molecule has 30 heavy (non-hydrogen) atoms. The maximum atomic E-state index is 4.91. The first-order valence-corrected chi connectivity index (χ1v) is 11.3. The highest BCUT2D eigenvalue weighted by Gasteiger charge is 2.20. The van der Waals surface area contributed by atoms with E-state index in [1.165, 1.54) is 16.8 Å². The van der Waals surface area contributed by atoms with Gasteiger partial charge in [0.25, 0.3) is 0 Å². The Morgan fingerprint density at radius 2 is 1.50 bits per heavy atom. The van der Waals surface area contributed by atoms with Crippen molar-refractivity contribution >= 4 is 0 Å². The molecule has 0 amide bonds. The van der Waals surface area contributed by atoms with Gasteiger partial charge in [-0.25, -0.2) is 9.13 Å². The Kier molecular flexibility index (Phi) is 7.43. The molecule has 2 aromatic heterocycles. The van der Waals surface area contributed by atoms with E-state index < -0.39 is 0 Å². The molecule has 0 unspecified atom stereocenters. The molecule has 0 saturated carbocycles. The fraction of sp³-hybridized carbons (Fsp3) is 0.462. The molecule has 0 atom stereocenters. The average molecular weight is 406 g/mol. The Morgan fingerprint density at radius 1 is 0.900 bits per heavy atom. The van der Waals surface area contributed by atoms with Crippen LogP contribution in [0.25, 0.3) is 5.69 Å². The summed E-state index contributed by atoms with van der Waals surface area (Å²) in [6, 6.07) is 13.1. The second-order valence-corrected chi connectivity index (χ2v) is 8.67. The Balaban J connectivity index is 1.87. The number of para-hydroxylation sites is 1. The van der Waals surface area contributed by atoms with Gasteiger partial charge in [0.2, 0.25) is 6.33 Å². The maximum Gasteiger partial charge on any atom is 0.249 e. The predicted molar refractivity (Wildman–Crippen MR) is 124 cm³/mol. The number of nitrogens with zero attached hydrogens (tertiary/aromatic N) is 4. The molecule has 4 heteroatoms. The highest BCUT2D eigenvalue weighted by Crippen LogP contribution is 2.30. The van der Waals surface area contributed by atoms with Gasteiger partial charge in [0.1, 0.15) is 24.6 Å². The molecule has 0 N–H and O–H groups in total. The quantitative estimate of drug-likeness (QED) is 0.452. The summed E-state index contributed by atoms with van der Waals surface area (Å²) in [6.07, 6.45) is 6.53. The van der Waals surface area contributed by atoms with Crippen molar-refractivity contribution in [3.05, 3.63) is 77.6 Å². The lowest BCUT2D eigenvalue weighted by atomic mass is 9.92. The zero-order chi connectivity index (χ0) is 21.7. The lowest BCUT2D eigenvalue weighted by Crippen LogP contribution is -2.32. The van der Waals surface area contributed by atoms with E-state index in [9.17, 15) is 0 Å². The standard InChI is InChI=1S/C26H37N4/c1-7-28(8-2)17-22-11-9-12-23(27-22)18-29-15-16-30(19-29)26-24(20(3)4)13-10-14-25(26)21(5)6/h9-16,19-21H,7-8,17-18H2,1-6H3/q+1. The van der Waals surface area contributed by atoms with Crippen molar-refractivity contribution in [2.24, 2.45) is 0 Å². The fourth-order valence-corrected chi connectivity index (χ4v) is 4.00. The van der Waals surface area contributed by atoms with Crippen LogP contribution in [-0.2, 0) is 13.1 Å². The first-order chi connectivity index (χ1) is 14.4. The second kappa shape index (κ2) is 10.0. The Labute approximate surface area is 182 Å². The largest absolute Gasteiger partial charge is 0.298 e. The molecule has 0 fully saturated rings. The van der Waals surface area contributed by atoms with Crippen LogP contribution in [0.3, 0.4) is 0 Å². The van der Waals surface area contributed by atoms with E-state index in [-0.39, 0.29) is 0 Å². The lowest BCUT2D eigenvalue weighted by Gasteiger charge is -2.17. The number of imidazole rings is 1. The molecule has 0 bridgehead atoms. The van der Waals surface area contributed by atoms with Crippen LogP contribution in [0.4, 0.5) is 0 Å². The van der Waals surface area contributed by atoms with E-state index in [2.05, 4.69) is 111 Å². The van der Waals surface area contributed by atoms with Gasteiger partial charge in [0.15, 0.2) is 0 Å². The van der Waals surface area contributed by atoms with Crippen LogP contribution in [0.2, 0.25) is 0 Å². The smallest absolute Gasteiger partial charge is 0.249 e. The molecule has 0 saturated heterocycles. The van der Waals surface area contributed by atoms with Crippen molar-refractivity contribution in [3.8, 4) is 5.69 Å². The summed E-state index contributed by atoms with van der Waals surface area (Å²) in [6.45, 7) is 17.3. The predicted octanol–water partition coefficient (Wildman–Crippen LogP) is 5.30. The van der Waals surface area contributed by atoms with Gasteiger partial charge < -0.3 is 0 Å². The Morgan fingerprint density at radius 3 is 2.10 bits per heavy atom. The number of hydrogen-bond acceptors (Lipinski definition) is 2. The van der Waals surface area contributed by atoms with Gasteiger partial charge in [-0.1, -0.05) is 65.8 Å². The monoisotopic (exact) mass is 405 g/mol. The first kappa shape index (κ1) is 22.2. The minimum Gasteiger partial charge on any atom is -0.298 e. The van der Waals surface area contributed by atoms with Crippen LogP contribution in [0.15, 0.2) is 55.1 Å². The average Bonchev–Trinajstić information content (AvgIpc) is 3.19. The van der Waals surface area contributed by atoms with Crippen molar-refractivity contribution in [2.45, 2.75) is 66.5 Å². The van der Waals surface area contributed by atoms with E-state index >= 15 is 0 Å². The first-order valence-electron chi connectivity index (χ1n) is 11.3. The topological polar surface area (TPSA) is 24.9 Å². The van der Waals surface area contributed by atoms with Crippen molar-refractivity contribution in [3.63, 3.8) is 0 Å². The highest BCUT2D eigenvalue weighted by molar-refractivity contribution is 5.50. The zero-order valence-corrected chi connectivity index (χ0v) is 19.5. The molecular formula is C26H37N4+. The normalized spacial score (nSPS) is 11.8. The summed E-state index contributed by atoms with van der Waals surface area (Å²) < 4.78 is 4.51. The SMILES string of the molecule is CCN(CC)Cc1cccc(C[n+]2ccn(-c3c(C(C)C)cccc3C(C)C)c2)n1. The molecular weight excluding hydrogens is 368 g/mol. The van der Waals surface area contributed by atoms with Gasteiger partial charge in [-0.05, 0) is 37.1 Å². The van der Waals surface area contributed by atoms with Crippen molar-refractivity contribution in [1.29, 1.82) is 0 Å². The molecule has 4 nitrogen and oxygen atoms in total. The van der Waals surface area contributed by atoms with Gasteiger partial charge in [-0.2, -0.15) is 0 Å². The maximum absolute atomic E-state index is 4.91. The molecule has 160 valence electrons. The van der Waals surface area contributed by atoms with E-state index in [0.717, 1.165) is 37.6 Å². The van der Waals surface area contributed by atoms with E-state index in [1.807, 2.05) is 0 Å². The second-order valence-electron chi connectivity index (χ2n) is 8.67. The Bertz CT molecular complexity index is 925. The van der Waals surface area contributed by atoms with Crippen molar-refractivity contribution in [1.82, 2.24) is 14.5 Å². The van der Waals surface area contributed by atoms with Crippen LogP contribution in [-0.4, -0.2) is 27.5 Å². The molecule has 0 radical (unpaired) electrons. The molecule has 0 spiro atoms. The van der Waals surface area contributed by atoms with Gasteiger partial charge in [0.05, 0.1) is 11.4 Å². The zero-order valence-electron chi connectivity index (χ0n) is 19.5. The van der Waals surface area contributed by atoms with Gasteiger partial charge in [-0.3, -0.25) is 9.88 Å². The lowest BCUT2D eigenvalue weighted by molar-refractivity contribution is -0.688. The van der Waals surface area contributed by atoms with Crippen molar-refractivity contribution in [2.75, 3.05) is 13.1 Å². The fourth-order valence-electron chi connectivity index (χ4n) is 4.00. The van der Waals surface area contributed by atoms with Gasteiger partial charge >= 0.3 is 0 Å². The van der Waals surface area contributed by atoms with E-state index in [1.54, 1.807) is 0 Å². The summed E-state index contributed by atoms with van der Waals surface area (Å²) in [5, 5.41) is 0. The molecule has 0 aliphatic rings. The van der Waals surface area contributed by atoms with Crippen LogP contribution in [0.5, 0.6) is 0 Å². The van der Waals surface area contributed by atoms with Crippen molar-refractivity contribution < 1.29 is 4.57 Å². The number of hydrogen-bond donors (Lipinski definition) is 0. The number of benzene rings is 1. The molecule has 1 aromatic carbocycles. The van der Waals surface area contributed by atoms with Gasteiger partial charge in [0, 0.05) is 17.7 Å². The number of rotatable bonds is 9. The van der Waals surface area contributed by atoms with Crippen LogP contribution in [0, 0.1) is 0 Å². The minimum absolute atomic E-state index is 0.480. The highest BCUT2D eigenvalue weighted by atomic mass is 15.1. The third-order valence-corrected chi connectivity index (χ3v) is 5.78. The molecule has 0 aliphatic heterocycles. The van der Waals surface area contributed by atoms with Crippen LogP contribution >= 0.6 is 0 Å². The molecule has 2 heterocycles. The molecule has 0 aliphatic carbocycles. The molecule has 3 aromatic rings. The van der Waals surface area contributed by atoms with E-state index in [4.69, 9.17) is 4.98 Å².